The maximum Gasteiger partial charge on any atom is 0.231 e. The van der Waals surface area contributed by atoms with Crippen LogP contribution in [0.1, 0.15) is 49.1 Å². The first-order valence-electron chi connectivity index (χ1n) is 9.57. The molecule has 3 aliphatic rings. The van der Waals surface area contributed by atoms with Crippen LogP contribution in [0.3, 0.4) is 0 Å². The lowest BCUT2D eigenvalue weighted by Crippen LogP contribution is -2.37. The molecule has 138 valence electrons. The molecule has 2 aliphatic heterocycles. The quantitative estimate of drug-likeness (QED) is 0.696. The zero-order valence-corrected chi connectivity index (χ0v) is 15.5. The van der Waals surface area contributed by atoms with E-state index in [1.54, 1.807) is 0 Å². The molecular weight excluding hydrogens is 342 g/mol. The molecule has 7 nitrogen and oxygen atoms in total. The van der Waals surface area contributed by atoms with Crippen molar-refractivity contribution in [3.05, 3.63) is 35.5 Å². The summed E-state index contributed by atoms with van der Waals surface area (Å²) in [7, 11) is 0. The standard InChI is InChI=1S/C20H21N5O2/c1-11-5-16(14-6-17-18(27-10-26-17)7-15(14)21-11)24-8-12(2)25-19(9-24)22-23-20(25)13-3-4-13/h5-7,12-13H,3-4,8-10H2,1-2H3/t12-/m0/s1. The van der Waals surface area contributed by atoms with Crippen LogP contribution < -0.4 is 14.4 Å². The molecule has 6 rings (SSSR count). The molecule has 4 heterocycles. The number of ether oxygens (including phenoxy) is 2. The van der Waals surface area contributed by atoms with E-state index in [-0.39, 0.29) is 6.79 Å². The van der Waals surface area contributed by atoms with Crippen molar-refractivity contribution < 1.29 is 9.47 Å². The molecule has 1 atom stereocenters. The maximum atomic E-state index is 5.60. The van der Waals surface area contributed by atoms with E-state index in [1.807, 2.05) is 13.0 Å². The van der Waals surface area contributed by atoms with Gasteiger partial charge in [-0.2, -0.15) is 0 Å². The lowest BCUT2D eigenvalue weighted by atomic mass is 10.1. The van der Waals surface area contributed by atoms with E-state index in [9.17, 15) is 0 Å². The summed E-state index contributed by atoms with van der Waals surface area (Å²) in [6, 6.07) is 6.54. The minimum Gasteiger partial charge on any atom is -0.454 e. The summed E-state index contributed by atoms with van der Waals surface area (Å²) in [5, 5.41) is 10.1. The van der Waals surface area contributed by atoms with Gasteiger partial charge in [-0.3, -0.25) is 4.98 Å². The fraction of sp³-hybridized carbons (Fsp3) is 0.450. The van der Waals surface area contributed by atoms with Crippen molar-refractivity contribution in [3.63, 3.8) is 0 Å². The molecular formula is C20H21N5O2. The van der Waals surface area contributed by atoms with Crippen LogP contribution in [0, 0.1) is 6.92 Å². The second kappa shape index (κ2) is 5.34. The first-order chi connectivity index (χ1) is 13.2. The fourth-order valence-corrected chi connectivity index (χ4v) is 4.35. The van der Waals surface area contributed by atoms with E-state index in [0.717, 1.165) is 47.0 Å². The Hall–Kier alpha value is -2.83. The van der Waals surface area contributed by atoms with Crippen molar-refractivity contribution in [2.24, 2.45) is 0 Å². The summed E-state index contributed by atoms with van der Waals surface area (Å²) in [5.74, 6) is 4.41. The van der Waals surface area contributed by atoms with Crippen molar-refractivity contribution in [2.75, 3.05) is 18.2 Å². The molecule has 1 fully saturated rings. The Balaban J connectivity index is 1.46. The van der Waals surface area contributed by atoms with Gasteiger partial charge in [0.25, 0.3) is 0 Å². The summed E-state index contributed by atoms with van der Waals surface area (Å²) >= 11 is 0. The minimum atomic E-state index is 0.272. The normalized spacial score (nSPS) is 21.0. The Bertz CT molecular complexity index is 1070. The number of hydrogen-bond acceptors (Lipinski definition) is 6. The highest BCUT2D eigenvalue weighted by molar-refractivity contribution is 5.94. The van der Waals surface area contributed by atoms with Crippen LogP contribution in [0.4, 0.5) is 5.69 Å². The van der Waals surface area contributed by atoms with Crippen LogP contribution in [0.15, 0.2) is 18.2 Å². The zero-order valence-electron chi connectivity index (χ0n) is 15.5. The largest absolute Gasteiger partial charge is 0.454 e. The molecule has 2 aromatic heterocycles. The van der Waals surface area contributed by atoms with E-state index >= 15 is 0 Å². The number of hydrogen-bond donors (Lipinski definition) is 0. The van der Waals surface area contributed by atoms with Gasteiger partial charge in [-0.1, -0.05) is 0 Å². The topological polar surface area (TPSA) is 65.3 Å². The third kappa shape index (κ3) is 2.30. The minimum absolute atomic E-state index is 0.272. The van der Waals surface area contributed by atoms with Crippen LogP contribution in [0.5, 0.6) is 11.5 Å². The number of fused-ring (bicyclic) bond motifs is 3. The molecule has 0 unspecified atom stereocenters. The van der Waals surface area contributed by atoms with Gasteiger partial charge in [-0.25, -0.2) is 0 Å². The van der Waals surface area contributed by atoms with Gasteiger partial charge in [0.05, 0.1) is 18.1 Å². The van der Waals surface area contributed by atoms with E-state index in [4.69, 9.17) is 14.5 Å². The van der Waals surface area contributed by atoms with Gasteiger partial charge in [-0.05, 0) is 38.8 Å². The number of benzene rings is 1. The molecule has 0 radical (unpaired) electrons. The van der Waals surface area contributed by atoms with Gasteiger partial charge in [0, 0.05) is 35.3 Å². The number of anilines is 1. The average Bonchev–Trinajstić information content (AvgIpc) is 3.23. The molecule has 3 aromatic rings. The van der Waals surface area contributed by atoms with Crippen molar-refractivity contribution >= 4 is 16.6 Å². The molecule has 0 bridgehead atoms. The van der Waals surface area contributed by atoms with Crippen molar-refractivity contribution in [1.82, 2.24) is 19.7 Å². The van der Waals surface area contributed by atoms with E-state index < -0.39 is 0 Å². The number of pyridine rings is 1. The second-order valence-electron chi connectivity index (χ2n) is 7.85. The highest BCUT2D eigenvalue weighted by atomic mass is 16.7. The molecule has 1 saturated carbocycles. The molecule has 0 saturated heterocycles. The monoisotopic (exact) mass is 363 g/mol. The zero-order chi connectivity index (χ0) is 18.1. The van der Waals surface area contributed by atoms with E-state index in [0.29, 0.717) is 12.0 Å². The van der Waals surface area contributed by atoms with Crippen molar-refractivity contribution in [3.8, 4) is 11.5 Å². The number of aryl methyl sites for hydroxylation is 1. The Labute approximate surface area is 156 Å². The summed E-state index contributed by atoms with van der Waals surface area (Å²) in [5.41, 5.74) is 3.10. The molecule has 27 heavy (non-hydrogen) atoms. The molecule has 1 aliphatic carbocycles. The summed E-state index contributed by atoms with van der Waals surface area (Å²) < 4.78 is 13.5. The lowest BCUT2D eigenvalue weighted by molar-refractivity contribution is 0.174. The molecule has 0 N–H and O–H groups in total. The number of nitrogens with zero attached hydrogens (tertiary/aromatic N) is 5. The number of aromatic nitrogens is 4. The van der Waals surface area contributed by atoms with Crippen LogP contribution in [-0.2, 0) is 6.54 Å². The highest BCUT2D eigenvalue weighted by Crippen LogP contribution is 2.43. The fourth-order valence-electron chi connectivity index (χ4n) is 4.35. The Morgan fingerprint density at radius 3 is 2.70 bits per heavy atom. The predicted molar refractivity (Wildman–Crippen MR) is 100 cm³/mol. The van der Waals surface area contributed by atoms with Gasteiger partial charge in [-0.15, -0.1) is 10.2 Å². The lowest BCUT2D eigenvalue weighted by Gasteiger charge is -2.35. The van der Waals surface area contributed by atoms with Gasteiger partial charge >= 0.3 is 0 Å². The van der Waals surface area contributed by atoms with Crippen LogP contribution >= 0.6 is 0 Å². The number of rotatable bonds is 2. The van der Waals surface area contributed by atoms with E-state index in [2.05, 4.69) is 38.7 Å². The maximum absolute atomic E-state index is 5.60. The molecule has 7 heteroatoms. The molecule has 0 amide bonds. The Morgan fingerprint density at radius 1 is 1.07 bits per heavy atom. The highest BCUT2D eigenvalue weighted by Gasteiger charge is 2.35. The van der Waals surface area contributed by atoms with Crippen LogP contribution in [-0.4, -0.2) is 33.1 Å². The van der Waals surface area contributed by atoms with Gasteiger partial charge in [0.1, 0.15) is 5.82 Å². The first kappa shape index (κ1) is 15.2. The van der Waals surface area contributed by atoms with E-state index in [1.165, 1.54) is 24.4 Å². The summed E-state index contributed by atoms with van der Waals surface area (Å²) in [6.07, 6.45) is 2.49. The van der Waals surface area contributed by atoms with Crippen molar-refractivity contribution in [1.29, 1.82) is 0 Å². The average molecular weight is 363 g/mol. The molecule has 0 spiro atoms. The SMILES string of the molecule is Cc1cc(N2Cc3nnc(C4CC4)n3[C@@H](C)C2)c2cc3c(cc2n1)OCO3. The third-order valence-corrected chi connectivity index (χ3v) is 5.74. The van der Waals surface area contributed by atoms with Gasteiger partial charge in [0.15, 0.2) is 17.3 Å². The second-order valence-corrected chi connectivity index (χ2v) is 7.85. The Kier molecular flexibility index (Phi) is 3.02. The first-order valence-corrected chi connectivity index (χ1v) is 9.57. The van der Waals surface area contributed by atoms with Crippen molar-refractivity contribution in [2.45, 2.75) is 45.2 Å². The summed E-state index contributed by atoms with van der Waals surface area (Å²) in [4.78, 5) is 7.11. The van der Waals surface area contributed by atoms with Gasteiger partial charge < -0.3 is 18.9 Å². The smallest absolute Gasteiger partial charge is 0.231 e. The van der Waals surface area contributed by atoms with Gasteiger partial charge in [0.2, 0.25) is 6.79 Å². The third-order valence-electron chi connectivity index (χ3n) is 5.74. The summed E-state index contributed by atoms with van der Waals surface area (Å²) in [6.45, 7) is 6.26. The Morgan fingerprint density at radius 2 is 1.89 bits per heavy atom. The predicted octanol–water partition coefficient (Wildman–Crippen LogP) is 3.32. The van der Waals surface area contributed by atoms with Crippen LogP contribution in [0.25, 0.3) is 10.9 Å². The van der Waals surface area contributed by atoms with Crippen LogP contribution in [0.2, 0.25) is 0 Å². The molecule has 1 aromatic carbocycles.